The van der Waals surface area contributed by atoms with Crippen LogP contribution in [0.1, 0.15) is 34.3 Å². The first-order valence-electron chi connectivity index (χ1n) is 6.36. The Labute approximate surface area is 126 Å². The van der Waals surface area contributed by atoms with Gasteiger partial charge >= 0.3 is 0 Å². The second-order valence-electron chi connectivity index (χ2n) is 4.75. The Balaban J connectivity index is 1.72. The van der Waals surface area contributed by atoms with Crippen molar-refractivity contribution in [2.24, 2.45) is 5.73 Å². The minimum absolute atomic E-state index is 0.0992. The molecule has 1 saturated carbocycles. The van der Waals surface area contributed by atoms with Crippen molar-refractivity contribution in [1.82, 2.24) is 4.98 Å². The fourth-order valence-electron chi connectivity index (χ4n) is 1.94. The number of aromatic nitrogens is 1. The molecule has 3 N–H and O–H groups in total. The fourth-order valence-corrected chi connectivity index (χ4v) is 2.99. The molecule has 1 aliphatic carbocycles. The normalized spacial score (nSPS) is 14.2. The molecular weight excluding hydrogens is 294 g/mol. The van der Waals surface area contributed by atoms with Gasteiger partial charge in [-0.25, -0.2) is 4.98 Å². The molecule has 1 aromatic carbocycles. The first-order valence-corrected chi connectivity index (χ1v) is 7.55. The van der Waals surface area contributed by atoms with Gasteiger partial charge in [0.05, 0.1) is 10.6 Å². The predicted octanol–water partition coefficient (Wildman–Crippen LogP) is 3.54. The van der Waals surface area contributed by atoms with Crippen molar-refractivity contribution in [2.45, 2.75) is 25.4 Å². The van der Waals surface area contributed by atoms with Gasteiger partial charge in [-0.1, -0.05) is 11.6 Å². The summed E-state index contributed by atoms with van der Waals surface area (Å²) in [4.78, 5) is 5.37. The summed E-state index contributed by atoms with van der Waals surface area (Å²) in [6.07, 6.45) is 2.28. The standard InChI is InChI=1S/C14H14ClN3OS/c15-9-3-5-10(6-4-9)19-7-11-18-12(8-1-2-8)13(20-11)14(16)17/h3-6,8H,1-2,7H2,(H3,16,17). The maximum absolute atomic E-state index is 7.62. The van der Waals surface area contributed by atoms with E-state index in [2.05, 4.69) is 4.98 Å². The molecule has 0 unspecified atom stereocenters. The Hall–Kier alpha value is -1.59. The molecule has 1 heterocycles. The number of hydrogen-bond donors (Lipinski definition) is 2. The van der Waals surface area contributed by atoms with E-state index in [0.29, 0.717) is 17.5 Å². The molecule has 4 nitrogen and oxygen atoms in total. The van der Waals surface area contributed by atoms with Crippen LogP contribution in [0.5, 0.6) is 5.75 Å². The van der Waals surface area contributed by atoms with Gasteiger partial charge in [-0.2, -0.15) is 0 Å². The van der Waals surface area contributed by atoms with Crippen LogP contribution in [0.3, 0.4) is 0 Å². The molecule has 0 spiro atoms. The molecule has 0 amide bonds. The highest BCUT2D eigenvalue weighted by molar-refractivity contribution is 7.13. The molecule has 20 heavy (non-hydrogen) atoms. The van der Waals surface area contributed by atoms with Gasteiger partial charge in [0, 0.05) is 10.9 Å². The molecule has 1 fully saturated rings. The minimum Gasteiger partial charge on any atom is -0.486 e. The Morgan fingerprint density at radius 1 is 1.40 bits per heavy atom. The van der Waals surface area contributed by atoms with Crippen LogP contribution in [0.2, 0.25) is 5.02 Å². The highest BCUT2D eigenvalue weighted by atomic mass is 35.5. The summed E-state index contributed by atoms with van der Waals surface area (Å²) in [6, 6.07) is 7.22. The molecule has 0 aliphatic heterocycles. The molecule has 1 aliphatic rings. The quantitative estimate of drug-likeness (QED) is 0.655. The van der Waals surface area contributed by atoms with Crippen LogP contribution < -0.4 is 10.5 Å². The highest BCUT2D eigenvalue weighted by Gasteiger charge is 2.30. The number of nitrogens with two attached hydrogens (primary N) is 1. The lowest BCUT2D eigenvalue weighted by atomic mass is 10.2. The third-order valence-corrected chi connectivity index (χ3v) is 4.41. The zero-order valence-electron chi connectivity index (χ0n) is 10.7. The Morgan fingerprint density at radius 2 is 2.10 bits per heavy atom. The van der Waals surface area contributed by atoms with Gasteiger partial charge < -0.3 is 10.5 Å². The number of ether oxygens (including phenoxy) is 1. The first kappa shape index (κ1) is 13.4. The Kier molecular flexibility index (Phi) is 3.63. The third-order valence-electron chi connectivity index (χ3n) is 3.08. The third kappa shape index (κ3) is 2.94. The first-order chi connectivity index (χ1) is 9.63. The number of nitrogens with zero attached hydrogens (tertiary/aromatic N) is 1. The lowest BCUT2D eigenvalue weighted by Crippen LogP contribution is -2.11. The Morgan fingerprint density at radius 3 is 2.70 bits per heavy atom. The molecule has 0 radical (unpaired) electrons. The van der Waals surface area contributed by atoms with Crippen LogP contribution in [0.4, 0.5) is 0 Å². The van der Waals surface area contributed by atoms with E-state index in [1.807, 2.05) is 12.1 Å². The smallest absolute Gasteiger partial charge is 0.140 e. The largest absolute Gasteiger partial charge is 0.486 e. The van der Waals surface area contributed by atoms with E-state index in [9.17, 15) is 0 Å². The average molecular weight is 308 g/mol. The van der Waals surface area contributed by atoms with Gasteiger partial charge in [0.1, 0.15) is 23.2 Å². The van der Waals surface area contributed by atoms with Gasteiger partial charge in [0.25, 0.3) is 0 Å². The Bertz CT molecular complexity index is 634. The van der Waals surface area contributed by atoms with Crippen molar-refractivity contribution < 1.29 is 4.74 Å². The minimum atomic E-state index is 0.0992. The zero-order chi connectivity index (χ0) is 14.1. The van der Waals surface area contributed by atoms with E-state index in [0.717, 1.165) is 34.2 Å². The number of nitrogen functional groups attached to an aromatic ring is 1. The van der Waals surface area contributed by atoms with Crippen LogP contribution in [0.15, 0.2) is 24.3 Å². The zero-order valence-corrected chi connectivity index (χ0v) is 12.3. The maximum atomic E-state index is 7.62. The second kappa shape index (κ2) is 5.42. The lowest BCUT2D eigenvalue weighted by Gasteiger charge is -2.03. The molecule has 6 heteroatoms. The highest BCUT2D eigenvalue weighted by Crippen LogP contribution is 2.42. The van der Waals surface area contributed by atoms with E-state index < -0.39 is 0 Å². The van der Waals surface area contributed by atoms with E-state index >= 15 is 0 Å². The van der Waals surface area contributed by atoms with E-state index in [4.69, 9.17) is 27.5 Å². The van der Waals surface area contributed by atoms with Gasteiger partial charge in [-0.15, -0.1) is 11.3 Å². The summed E-state index contributed by atoms with van der Waals surface area (Å²) < 4.78 is 5.67. The summed E-state index contributed by atoms with van der Waals surface area (Å²) in [7, 11) is 0. The molecule has 2 aromatic rings. The van der Waals surface area contributed by atoms with Gasteiger partial charge in [-0.3, -0.25) is 5.41 Å². The van der Waals surface area contributed by atoms with Crippen molar-refractivity contribution in [1.29, 1.82) is 5.41 Å². The molecular formula is C14H14ClN3OS. The van der Waals surface area contributed by atoms with Crippen LogP contribution in [0, 0.1) is 5.41 Å². The van der Waals surface area contributed by atoms with Crippen LogP contribution in [-0.2, 0) is 6.61 Å². The molecule has 0 bridgehead atoms. The molecule has 1 aromatic heterocycles. The van der Waals surface area contributed by atoms with E-state index in [1.54, 1.807) is 12.1 Å². The van der Waals surface area contributed by atoms with Gasteiger partial charge in [0.15, 0.2) is 0 Å². The summed E-state index contributed by atoms with van der Waals surface area (Å²) in [5.74, 6) is 1.33. The average Bonchev–Trinajstić information content (AvgIpc) is 3.18. The van der Waals surface area contributed by atoms with E-state index in [-0.39, 0.29) is 5.84 Å². The number of nitrogens with one attached hydrogen (secondary N) is 1. The predicted molar refractivity (Wildman–Crippen MR) is 80.9 cm³/mol. The van der Waals surface area contributed by atoms with Crippen molar-refractivity contribution in [3.63, 3.8) is 0 Å². The van der Waals surface area contributed by atoms with Crippen LogP contribution in [-0.4, -0.2) is 10.8 Å². The van der Waals surface area contributed by atoms with E-state index in [1.165, 1.54) is 11.3 Å². The molecule has 104 valence electrons. The summed E-state index contributed by atoms with van der Waals surface area (Å²) in [6.45, 7) is 0.388. The summed E-state index contributed by atoms with van der Waals surface area (Å²) >= 11 is 7.27. The van der Waals surface area contributed by atoms with Gasteiger partial charge in [-0.05, 0) is 37.1 Å². The lowest BCUT2D eigenvalue weighted by molar-refractivity contribution is 0.305. The molecule has 0 saturated heterocycles. The second-order valence-corrected chi connectivity index (χ2v) is 6.27. The number of thiazole rings is 1. The number of rotatable bonds is 5. The fraction of sp³-hybridized carbons (Fsp3) is 0.286. The summed E-state index contributed by atoms with van der Waals surface area (Å²) in [5, 5.41) is 9.16. The van der Waals surface area contributed by atoms with Crippen LogP contribution >= 0.6 is 22.9 Å². The van der Waals surface area contributed by atoms with Crippen molar-refractivity contribution >= 4 is 28.8 Å². The van der Waals surface area contributed by atoms with Crippen LogP contribution in [0.25, 0.3) is 0 Å². The number of hydrogen-bond acceptors (Lipinski definition) is 4. The van der Waals surface area contributed by atoms with Gasteiger partial charge in [0.2, 0.25) is 0 Å². The monoisotopic (exact) mass is 307 g/mol. The molecule has 3 rings (SSSR count). The number of halogens is 1. The SMILES string of the molecule is N=C(N)c1sc(COc2ccc(Cl)cc2)nc1C1CC1. The molecule has 0 atom stereocenters. The van der Waals surface area contributed by atoms with Crippen molar-refractivity contribution in [3.05, 3.63) is 44.9 Å². The number of benzene rings is 1. The maximum Gasteiger partial charge on any atom is 0.140 e. The summed E-state index contributed by atoms with van der Waals surface area (Å²) in [5.41, 5.74) is 6.59. The topological polar surface area (TPSA) is 72.0 Å². The number of amidine groups is 1. The van der Waals surface area contributed by atoms with Crippen molar-refractivity contribution in [2.75, 3.05) is 0 Å². The van der Waals surface area contributed by atoms with Crippen molar-refractivity contribution in [3.8, 4) is 5.75 Å².